The van der Waals surface area contributed by atoms with E-state index >= 15 is 0 Å². The van der Waals surface area contributed by atoms with Gasteiger partial charge in [0.1, 0.15) is 0 Å². The normalized spacial score (nSPS) is 27.0. The molecule has 0 spiro atoms. The molecular formula is C14H26O. The van der Waals surface area contributed by atoms with E-state index in [1.807, 2.05) is 0 Å². The second-order valence-electron chi connectivity index (χ2n) is 5.59. The Morgan fingerprint density at radius 1 is 0.933 bits per heavy atom. The van der Waals surface area contributed by atoms with Crippen molar-refractivity contribution in [3.05, 3.63) is 0 Å². The average Bonchev–Trinajstić information content (AvgIpc) is 2.81. The smallest absolute Gasteiger partial charge is 0.0575 e. The fraction of sp³-hybridized carbons (Fsp3) is 1.00. The molecule has 1 nitrogen and oxygen atoms in total. The molecule has 0 bridgehead atoms. The summed E-state index contributed by atoms with van der Waals surface area (Å²) in [6, 6.07) is 0. The highest BCUT2D eigenvalue weighted by atomic mass is 16.5. The third-order valence-electron chi connectivity index (χ3n) is 4.38. The Kier molecular flexibility index (Phi) is 4.49. The van der Waals surface area contributed by atoms with Crippen LogP contribution in [0.5, 0.6) is 0 Å². The van der Waals surface area contributed by atoms with Gasteiger partial charge in [-0.25, -0.2) is 0 Å². The third-order valence-corrected chi connectivity index (χ3v) is 4.38. The molecule has 1 heteroatoms. The predicted octanol–water partition coefficient (Wildman–Crippen LogP) is 4.16. The number of rotatable bonds is 4. The molecule has 88 valence electrons. The van der Waals surface area contributed by atoms with Crippen LogP contribution >= 0.6 is 0 Å². The van der Waals surface area contributed by atoms with Gasteiger partial charge in [-0.2, -0.15) is 0 Å². The first-order valence-corrected chi connectivity index (χ1v) is 6.98. The first kappa shape index (κ1) is 11.4. The van der Waals surface area contributed by atoms with E-state index < -0.39 is 0 Å². The van der Waals surface area contributed by atoms with Crippen LogP contribution < -0.4 is 0 Å². The number of ether oxygens (including phenoxy) is 1. The summed E-state index contributed by atoms with van der Waals surface area (Å²) in [4.78, 5) is 0. The minimum atomic E-state index is 0.523. The summed E-state index contributed by atoms with van der Waals surface area (Å²) in [5.74, 6) is 1.75. The summed E-state index contributed by atoms with van der Waals surface area (Å²) in [7, 11) is 0. The van der Waals surface area contributed by atoms with E-state index in [-0.39, 0.29) is 0 Å². The molecule has 15 heavy (non-hydrogen) atoms. The second kappa shape index (κ2) is 5.89. The second-order valence-corrected chi connectivity index (χ2v) is 5.59. The summed E-state index contributed by atoms with van der Waals surface area (Å²) in [6.07, 6.45) is 13.4. The third kappa shape index (κ3) is 3.48. The largest absolute Gasteiger partial charge is 0.378 e. The van der Waals surface area contributed by atoms with E-state index in [2.05, 4.69) is 6.92 Å². The molecule has 2 fully saturated rings. The Bertz CT molecular complexity index is 166. The summed E-state index contributed by atoms with van der Waals surface area (Å²) in [6.45, 7) is 3.33. The topological polar surface area (TPSA) is 9.23 Å². The first-order chi connectivity index (χ1) is 7.36. The van der Waals surface area contributed by atoms with Gasteiger partial charge in [0.2, 0.25) is 0 Å². The Morgan fingerprint density at radius 2 is 1.53 bits per heavy atom. The lowest BCUT2D eigenvalue weighted by atomic mass is 9.90. The molecule has 0 saturated heterocycles. The molecule has 0 amide bonds. The van der Waals surface area contributed by atoms with Crippen LogP contribution in [0.4, 0.5) is 0 Å². The van der Waals surface area contributed by atoms with Gasteiger partial charge in [0.05, 0.1) is 6.10 Å². The lowest BCUT2D eigenvalue weighted by Gasteiger charge is -2.25. The van der Waals surface area contributed by atoms with E-state index in [1.54, 1.807) is 0 Å². The van der Waals surface area contributed by atoms with Gasteiger partial charge >= 0.3 is 0 Å². The summed E-state index contributed by atoms with van der Waals surface area (Å²) in [5.41, 5.74) is 0. The fourth-order valence-electron chi connectivity index (χ4n) is 3.20. The minimum Gasteiger partial charge on any atom is -0.378 e. The van der Waals surface area contributed by atoms with Crippen LogP contribution in [0.25, 0.3) is 0 Å². The monoisotopic (exact) mass is 210 g/mol. The lowest BCUT2D eigenvalue weighted by Crippen LogP contribution is -2.23. The van der Waals surface area contributed by atoms with Gasteiger partial charge < -0.3 is 4.74 Å². The zero-order valence-electron chi connectivity index (χ0n) is 10.2. The highest BCUT2D eigenvalue weighted by Gasteiger charge is 2.23. The fourth-order valence-corrected chi connectivity index (χ4v) is 3.20. The highest BCUT2D eigenvalue weighted by molar-refractivity contribution is 4.73. The van der Waals surface area contributed by atoms with Gasteiger partial charge in [-0.1, -0.05) is 32.1 Å². The predicted molar refractivity (Wildman–Crippen MR) is 63.9 cm³/mol. The van der Waals surface area contributed by atoms with Crippen molar-refractivity contribution in [1.29, 1.82) is 0 Å². The molecule has 1 unspecified atom stereocenters. The van der Waals surface area contributed by atoms with E-state index in [4.69, 9.17) is 4.74 Å². The van der Waals surface area contributed by atoms with Crippen LogP contribution in [0.1, 0.15) is 64.7 Å². The van der Waals surface area contributed by atoms with Crippen molar-refractivity contribution in [1.82, 2.24) is 0 Å². The molecular weight excluding hydrogens is 184 g/mol. The van der Waals surface area contributed by atoms with Crippen LogP contribution in [0.2, 0.25) is 0 Å². The molecule has 2 rings (SSSR count). The van der Waals surface area contributed by atoms with Gasteiger partial charge in [-0.3, -0.25) is 0 Å². The van der Waals surface area contributed by atoms with Crippen molar-refractivity contribution >= 4 is 0 Å². The van der Waals surface area contributed by atoms with Crippen molar-refractivity contribution in [2.45, 2.75) is 70.8 Å². The molecule has 2 aliphatic rings. The van der Waals surface area contributed by atoms with Crippen molar-refractivity contribution in [3.63, 3.8) is 0 Å². The summed E-state index contributed by atoms with van der Waals surface area (Å²) in [5, 5.41) is 0. The van der Waals surface area contributed by atoms with Crippen molar-refractivity contribution in [2.24, 2.45) is 11.8 Å². The van der Waals surface area contributed by atoms with Crippen molar-refractivity contribution in [2.75, 3.05) is 6.61 Å². The SMILES string of the molecule is CC(OCC1CCCCC1)C1CCCC1. The van der Waals surface area contributed by atoms with Crippen LogP contribution in [0.15, 0.2) is 0 Å². The van der Waals surface area contributed by atoms with E-state index in [9.17, 15) is 0 Å². The quantitative estimate of drug-likeness (QED) is 0.677. The van der Waals surface area contributed by atoms with Gasteiger partial charge in [0.15, 0.2) is 0 Å². The Balaban J connectivity index is 1.63. The Labute approximate surface area is 94.6 Å². The highest BCUT2D eigenvalue weighted by Crippen LogP contribution is 2.30. The van der Waals surface area contributed by atoms with Crippen LogP contribution in [0, 0.1) is 11.8 Å². The zero-order chi connectivity index (χ0) is 10.5. The van der Waals surface area contributed by atoms with Gasteiger partial charge in [-0.05, 0) is 44.4 Å². The number of hydrogen-bond donors (Lipinski definition) is 0. The Morgan fingerprint density at radius 3 is 2.20 bits per heavy atom. The zero-order valence-corrected chi connectivity index (χ0v) is 10.2. The molecule has 0 N–H and O–H groups in total. The maximum atomic E-state index is 6.07. The first-order valence-electron chi connectivity index (χ1n) is 6.98. The molecule has 0 radical (unpaired) electrons. The lowest BCUT2D eigenvalue weighted by molar-refractivity contribution is -0.000310. The Hall–Kier alpha value is -0.0400. The summed E-state index contributed by atoms with van der Waals surface area (Å²) >= 11 is 0. The number of hydrogen-bond acceptors (Lipinski definition) is 1. The molecule has 0 aromatic rings. The minimum absolute atomic E-state index is 0.523. The maximum Gasteiger partial charge on any atom is 0.0575 e. The molecule has 0 aromatic carbocycles. The van der Waals surface area contributed by atoms with Crippen molar-refractivity contribution < 1.29 is 4.74 Å². The van der Waals surface area contributed by atoms with Crippen LogP contribution in [0.3, 0.4) is 0 Å². The summed E-state index contributed by atoms with van der Waals surface area (Å²) < 4.78 is 6.07. The van der Waals surface area contributed by atoms with E-state index in [0.717, 1.165) is 18.4 Å². The van der Waals surface area contributed by atoms with E-state index in [1.165, 1.54) is 57.8 Å². The molecule has 2 aliphatic carbocycles. The van der Waals surface area contributed by atoms with Gasteiger partial charge in [-0.15, -0.1) is 0 Å². The maximum absolute atomic E-state index is 6.07. The van der Waals surface area contributed by atoms with Crippen molar-refractivity contribution in [3.8, 4) is 0 Å². The van der Waals surface area contributed by atoms with Crippen LogP contribution in [-0.4, -0.2) is 12.7 Å². The molecule has 1 atom stereocenters. The van der Waals surface area contributed by atoms with E-state index in [0.29, 0.717) is 6.10 Å². The molecule has 0 aromatic heterocycles. The molecule has 2 saturated carbocycles. The van der Waals surface area contributed by atoms with Gasteiger partial charge in [0, 0.05) is 6.61 Å². The standard InChI is InChI=1S/C14H26O/c1-12(14-9-5-6-10-14)15-11-13-7-3-2-4-8-13/h12-14H,2-11H2,1H3. The average molecular weight is 210 g/mol. The van der Waals surface area contributed by atoms with Crippen LogP contribution in [-0.2, 0) is 4.74 Å². The van der Waals surface area contributed by atoms with Gasteiger partial charge in [0.25, 0.3) is 0 Å². The molecule has 0 aliphatic heterocycles. The molecule has 0 heterocycles.